The number of anilines is 1. The molecule has 2 aromatic heterocycles. The highest BCUT2D eigenvalue weighted by Gasteiger charge is 2.09. The third-order valence-corrected chi connectivity index (χ3v) is 4.25. The Labute approximate surface area is 152 Å². The lowest BCUT2D eigenvalue weighted by molar-refractivity contribution is -0.116. The molecule has 0 unspecified atom stereocenters. The lowest BCUT2D eigenvalue weighted by atomic mass is 10.3. The van der Waals surface area contributed by atoms with Crippen LogP contribution in [0.15, 0.2) is 28.6 Å². The number of carbonyl (C=O) groups is 1. The number of guanidine groups is 1. The van der Waals surface area contributed by atoms with Crippen molar-refractivity contribution in [2.24, 2.45) is 4.99 Å². The van der Waals surface area contributed by atoms with Gasteiger partial charge in [0, 0.05) is 38.1 Å². The van der Waals surface area contributed by atoms with Gasteiger partial charge in [0.05, 0.1) is 17.2 Å². The molecular formula is C17H24N6OS. The van der Waals surface area contributed by atoms with Crippen LogP contribution in [0.25, 0.3) is 0 Å². The fraction of sp³-hybridized carbons (Fsp3) is 0.412. The largest absolute Gasteiger partial charge is 0.356 e. The third-order valence-electron chi connectivity index (χ3n) is 3.43. The van der Waals surface area contributed by atoms with E-state index in [1.54, 1.807) is 24.5 Å². The number of nitrogens with one attached hydrogen (secondary N) is 2. The molecule has 0 saturated carbocycles. The highest BCUT2D eigenvalue weighted by Crippen LogP contribution is 2.09. The number of aromatic nitrogens is 2. The van der Waals surface area contributed by atoms with Crippen LogP contribution in [-0.2, 0) is 11.3 Å². The summed E-state index contributed by atoms with van der Waals surface area (Å²) in [5.41, 5.74) is 1.88. The van der Waals surface area contributed by atoms with Gasteiger partial charge in [-0.2, -0.15) is 0 Å². The standard InChI is InChI=1S/C17H24N6OS/c1-12-6-5-7-15(20-12)22-16(24)8-9-19-17(18-3)23(4)10-14-11-25-13(2)21-14/h5-7,11H,8-10H2,1-4H3,(H,18,19)(H,20,22,24). The van der Waals surface area contributed by atoms with Gasteiger partial charge in [-0.15, -0.1) is 11.3 Å². The Hall–Kier alpha value is -2.48. The number of pyridine rings is 1. The molecule has 8 heteroatoms. The molecule has 7 nitrogen and oxygen atoms in total. The summed E-state index contributed by atoms with van der Waals surface area (Å²) in [5.74, 6) is 1.22. The van der Waals surface area contributed by atoms with Gasteiger partial charge in [0.1, 0.15) is 5.82 Å². The zero-order chi connectivity index (χ0) is 18.2. The van der Waals surface area contributed by atoms with Crippen molar-refractivity contribution in [2.45, 2.75) is 26.8 Å². The van der Waals surface area contributed by atoms with Crippen molar-refractivity contribution in [1.82, 2.24) is 20.2 Å². The minimum absolute atomic E-state index is 0.0844. The van der Waals surface area contributed by atoms with Gasteiger partial charge in [-0.25, -0.2) is 9.97 Å². The second kappa shape index (κ2) is 9.12. The normalized spacial score (nSPS) is 11.3. The Balaban J connectivity index is 1.77. The van der Waals surface area contributed by atoms with E-state index in [2.05, 4.69) is 25.6 Å². The smallest absolute Gasteiger partial charge is 0.227 e. The zero-order valence-electron chi connectivity index (χ0n) is 15.0. The van der Waals surface area contributed by atoms with Crippen LogP contribution in [0.3, 0.4) is 0 Å². The average molecular weight is 360 g/mol. The molecule has 0 atom stereocenters. The van der Waals surface area contributed by atoms with Gasteiger partial charge in [0.25, 0.3) is 0 Å². The zero-order valence-corrected chi connectivity index (χ0v) is 15.9. The Bertz CT molecular complexity index is 742. The van der Waals surface area contributed by atoms with Crippen molar-refractivity contribution in [2.75, 3.05) is 26.0 Å². The van der Waals surface area contributed by atoms with E-state index in [0.717, 1.165) is 22.4 Å². The Morgan fingerprint density at radius 1 is 1.32 bits per heavy atom. The van der Waals surface area contributed by atoms with Gasteiger partial charge in [-0.1, -0.05) is 6.07 Å². The second-order valence-electron chi connectivity index (χ2n) is 5.65. The van der Waals surface area contributed by atoms with Gasteiger partial charge in [-0.3, -0.25) is 9.79 Å². The molecule has 0 aromatic carbocycles. The fourth-order valence-corrected chi connectivity index (χ4v) is 2.89. The molecule has 25 heavy (non-hydrogen) atoms. The number of nitrogens with zero attached hydrogens (tertiary/aromatic N) is 4. The summed E-state index contributed by atoms with van der Waals surface area (Å²) in [7, 11) is 3.67. The summed E-state index contributed by atoms with van der Waals surface area (Å²) in [6, 6.07) is 5.54. The molecule has 0 bridgehead atoms. The summed E-state index contributed by atoms with van der Waals surface area (Å²) in [4.78, 5) is 26.9. The lowest BCUT2D eigenvalue weighted by Gasteiger charge is -2.21. The van der Waals surface area contributed by atoms with Crippen molar-refractivity contribution in [3.05, 3.63) is 40.0 Å². The first kappa shape index (κ1) is 18.9. The van der Waals surface area contributed by atoms with Crippen LogP contribution in [0.2, 0.25) is 0 Å². The molecule has 2 heterocycles. The number of hydrogen-bond donors (Lipinski definition) is 2. The van der Waals surface area contributed by atoms with E-state index in [0.29, 0.717) is 25.3 Å². The number of hydrogen-bond acceptors (Lipinski definition) is 5. The summed E-state index contributed by atoms with van der Waals surface area (Å²) < 4.78 is 0. The number of thiazole rings is 1. The van der Waals surface area contributed by atoms with Crippen LogP contribution in [0.4, 0.5) is 5.82 Å². The molecule has 2 aromatic rings. The summed E-state index contributed by atoms with van der Waals surface area (Å²) in [5, 5.41) is 9.08. The molecule has 134 valence electrons. The molecule has 2 N–H and O–H groups in total. The van der Waals surface area contributed by atoms with Crippen molar-refractivity contribution in [1.29, 1.82) is 0 Å². The molecule has 0 aliphatic carbocycles. The molecule has 0 spiro atoms. The van der Waals surface area contributed by atoms with Gasteiger partial charge in [0.2, 0.25) is 5.91 Å². The molecular weight excluding hydrogens is 336 g/mol. The first-order chi connectivity index (χ1) is 12.0. The first-order valence-corrected chi connectivity index (χ1v) is 8.92. The molecule has 0 aliphatic rings. The van der Waals surface area contributed by atoms with E-state index in [4.69, 9.17) is 0 Å². The monoisotopic (exact) mass is 360 g/mol. The van der Waals surface area contributed by atoms with Crippen LogP contribution in [0, 0.1) is 13.8 Å². The molecule has 1 amide bonds. The molecule has 0 fully saturated rings. The SMILES string of the molecule is CN=C(NCCC(=O)Nc1cccc(C)n1)N(C)Cc1csc(C)n1. The number of aryl methyl sites for hydroxylation is 2. The molecule has 0 saturated heterocycles. The molecule has 2 rings (SSSR count). The van der Waals surface area contributed by atoms with Crippen molar-refractivity contribution in [3.8, 4) is 0 Å². The minimum atomic E-state index is -0.0844. The third kappa shape index (κ3) is 6.15. The van der Waals surface area contributed by atoms with Crippen molar-refractivity contribution >= 4 is 29.0 Å². The maximum absolute atomic E-state index is 12.0. The predicted octanol–water partition coefficient (Wildman–Crippen LogP) is 2.19. The Morgan fingerprint density at radius 2 is 2.12 bits per heavy atom. The number of rotatable bonds is 6. The highest BCUT2D eigenvalue weighted by molar-refractivity contribution is 7.09. The summed E-state index contributed by atoms with van der Waals surface area (Å²) >= 11 is 1.63. The van der Waals surface area contributed by atoms with Gasteiger partial charge < -0.3 is 15.5 Å². The van der Waals surface area contributed by atoms with Crippen LogP contribution in [-0.4, -0.2) is 47.4 Å². The summed E-state index contributed by atoms with van der Waals surface area (Å²) in [6.45, 7) is 5.04. The second-order valence-corrected chi connectivity index (χ2v) is 6.71. The van der Waals surface area contributed by atoms with Gasteiger partial charge in [0.15, 0.2) is 5.96 Å². The van der Waals surface area contributed by atoms with Crippen molar-refractivity contribution < 1.29 is 4.79 Å². The maximum Gasteiger partial charge on any atom is 0.227 e. The quantitative estimate of drug-likeness (QED) is 0.609. The average Bonchev–Trinajstić information content (AvgIpc) is 2.96. The van der Waals surface area contributed by atoms with E-state index in [-0.39, 0.29) is 5.91 Å². The van der Waals surface area contributed by atoms with E-state index >= 15 is 0 Å². The van der Waals surface area contributed by atoms with E-state index in [1.807, 2.05) is 43.3 Å². The number of amides is 1. The first-order valence-electron chi connectivity index (χ1n) is 8.04. The van der Waals surface area contributed by atoms with Crippen LogP contribution in [0.5, 0.6) is 0 Å². The lowest BCUT2D eigenvalue weighted by Crippen LogP contribution is -2.39. The van der Waals surface area contributed by atoms with Crippen LogP contribution >= 0.6 is 11.3 Å². The molecule has 0 aliphatic heterocycles. The van der Waals surface area contributed by atoms with Crippen LogP contribution < -0.4 is 10.6 Å². The van der Waals surface area contributed by atoms with Gasteiger partial charge in [-0.05, 0) is 26.0 Å². The minimum Gasteiger partial charge on any atom is -0.356 e. The fourth-order valence-electron chi connectivity index (χ4n) is 2.29. The molecule has 0 radical (unpaired) electrons. The van der Waals surface area contributed by atoms with Crippen LogP contribution in [0.1, 0.15) is 22.8 Å². The predicted molar refractivity (Wildman–Crippen MR) is 102 cm³/mol. The number of carbonyl (C=O) groups excluding carboxylic acids is 1. The Kier molecular flexibility index (Phi) is 6.88. The van der Waals surface area contributed by atoms with Gasteiger partial charge >= 0.3 is 0 Å². The number of aliphatic imine (C=N–C) groups is 1. The van der Waals surface area contributed by atoms with Crippen molar-refractivity contribution in [3.63, 3.8) is 0 Å². The van der Waals surface area contributed by atoms with E-state index < -0.39 is 0 Å². The summed E-state index contributed by atoms with van der Waals surface area (Å²) in [6.07, 6.45) is 0.332. The highest BCUT2D eigenvalue weighted by atomic mass is 32.1. The van der Waals surface area contributed by atoms with E-state index in [1.165, 1.54) is 0 Å². The van der Waals surface area contributed by atoms with E-state index in [9.17, 15) is 4.79 Å². The topological polar surface area (TPSA) is 82.5 Å². The maximum atomic E-state index is 12.0. The Morgan fingerprint density at radius 3 is 2.76 bits per heavy atom.